The van der Waals surface area contributed by atoms with Crippen LogP contribution in [0.4, 0.5) is 21.8 Å². The minimum absolute atomic E-state index is 0.0550. The van der Waals surface area contributed by atoms with Gasteiger partial charge in [0.2, 0.25) is 11.9 Å². The molecule has 0 radical (unpaired) electrons. The van der Waals surface area contributed by atoms with Crippen LogP contribution in [0.25, 0.3) is 5.82 Å². The highest BCUT2D eigenvalue weighted by molar-refractivity contribution is 9.10. The first kappa shape index (κ1) is 21.4. The lowest BCUT2D eigenvalue weighted by molar-refractivity contribution is -0.115. The highest BCUT2D eigenvalue weighted by atomic mass is 79.9. The second kappa shape index (κ2) is 9.52. The smallest absolute Gasteiger partial charge is 0.247 e. The maximum Gasteiger partial charge on any atom is 0.247 e. The lowest BCUT2D eigenvalue weighted by Crippen LogP contribution is -2.16. The van der Waals surface area contributed by atoms with Crippen LogP contribution in [0.15, 0.2) is 65.7 Å². The van der Waals surface area contributed by atoms with Gasteiger partial charge < -0.3 is 15.4 Å². The minimum Gasteiger partial charge on any atom is -0.497 e. The SMILES string of the molecule is COc1ccc(Nc2ncn(-c3cc(NC(=O)Cc4ccc(F)cc4Br)ncn3)n2)cc1. The molecule has 0 bridgehead atoms. The monoisotopic (exact) mass is 497 g/mol. The van der Waals surface area contributed by atoms with Gasteiger partial charge in [-0.25, -0.2) is 19.0 Å². The van der Waals surface area contributed by atoms with Gasteiger partial charge in [-0.3, -0.25) is 4.79 Å². The van der Waals surface area contributed by atoms with Gasteiger partial charge in [0, 0.05) is 16.2 Å². The van der Waals surface area contributed by atoms with E-state index in [0.717, 1.165) is 11.4 Å². The molecule has 4 aromatic rings. The molecule has 0 spiro atoms. The van der Waals surface area contributed by atoms with Gasteiger partial charge in [-0.1, -0.05) is 22.0 Å². The van der Waals surface area contributed by atoms with E-state index in [1.807, 2.05) is 24.3 Å². The van der Waals surface area contributed by atoms with Gasteiger partial charge in [0.15, 0.2) is 5.82 Å². The number of methoxy groups -OCH3 is 1. The zero-order valence-electron chi connectivity index (χ0n) is 16.8. The van der Waals surface area contributed by atoms with Crippen LogP contribution < -0.4 is 15.4 Å². The number of hydrogen-bond donors (Lipinski definition) is 2. The zero-order chi connectivity index (χ0) is 22.5. The molecule has 0 saturated carbocycles. The largest absolute Gasteiger partial charge is 0.497 e. The van der Waals surface area contributed by atoms with Crippen LogP contribution in [-0.4, -0.2) is 37.7 Å². The third-order valence-corrected chi connectivity index (χ3v) is 5.10. The molecule has 0 unspecified atom stereocenters. The van der Waals surface area contributed by atoms with Gasteiger partial charge in [-0.15, -0.1) is 5.10 Å². The summed E-state index contributed by atoms with van der Waals surface area (Å²) in [6.45, 7) is 0. The highest BCUT2D eigenvalue weighted by Crippen LogP contribution is 2.20. The van der Waals surface area contributed by atoms with Gasteiger partial charge in [0.25, 0.3) is 0 Å². The first-order chi connectivity index (χ1) is 15.5. The molecule has 0 saturated heterocycles. The van der Waals surface area contributed by atoms with Crippen LogP contribution in [-0.2, 0) is 11.2 Å². The third kappa shape index (κ3) is 5.24. The van der Waals surface area contributed by atoms with Crippen LogP contribution in [0.1, 0.15) is 5.56 Å². The van der Waals surface area contributed by atoms with Crippen molar-refractivity contribution < 1.29 is 13.9 Å². The van der Waals surface area contributed by atoms with Crippen LogP contribution in [0, 0.1) is 5.82 Å². The van der Waals surface area contributed by atoms with Crippen molar-refractivity contribution in [2.45, 2.75) is 6.42 Å². The molecule has 32 heavy (non-hydrogen) atoms. The predicted octanol–water partition coefficient (Wildman–Crippen LogP) is 3.89. The van der Waals surface area contributed by atoms with Crippen molar-refractivity contribution in [3.05, 3.63) is 77.0 Å². The number of benzene rings is 2. The maximum absolute atomic E-state index is 13.2. The molecule has 11 heteroatoms. The summed E-state index contributed by atoms with van der Waals surface area (Å²) in [6, 6.07) is 13.1. The fourth-order valence-corrected chi connectivity index (χ4v) is 3.29. The van der Waals surface area contributed by atoms with Crippen molar-refractivity contribution in [2.24, 2.45) is 0 Å². The van der Waals surface area contributed by atoms with E-state index in [-0.39, 0.29) is 18.1 Å². The first-order valence-corrected chi connectivity index (χ1v) is 10.2. The molecule has 4 rings (SSSR count). The number of carbonyl (C=O) groups is 1. The average Bonchev–Trinajstić information content (AvgIpc) is 3.25. The van der Waals surface area contributed by atoms with Gasteiger partial charge >= 0.3 is 0 Å². The van der Waals surface area contributed by atoms with Crippen molar-refractivity contribution in [3.63, 3.8) is 0 Å². The number of anilines is 3. The number of ether oxygens (including phenoxy) is 1. The number of aromatic nitrogens is 5. The van der Waals surface area contributed by atoms with E-state index in [1.165, 1.54) is 29.5 Å². The molecule has 0 fully saturated rings. The summed E-state index contributed by atoms with van der Waals surface area (Å²) in [7, 11) is 1.60. The Morgan fingerprint density at radius 3 is 2.69 bits per heavy atom. The summed E-state index contributed by atoms with van der Waals surface area (Å²) in [6.07, 6.45) is 2.87. The summed E-state index contributed by atoms with van der Waals surface area (Å²) < 4.78 is 20.3. The predicted molar refractivity (Wildman–Crippen MR) is 120 cm³/mol. The molecule has 0 aliphatic carbocycles. The van der Waals surface area contributed by atoms with E-state index in [0.29, 0.717) is 27.6 Å². The van der Waals surface area contributed by atoms with Gasteiger partial charge in [0.05, 0.1) is 13.5 Å². The molecule has 0 aliphatic rings. The number of rotatable bonds is 7. The van der Waals surface area contributed by atoms with Crippen molar-refractivity contribution >= 4 is 39.3 Å². The Bertz CT molecular complexity index is 1250. The topological polar surface area (TPSA) is 107 Å². The summed E-state index contributed by atoms with van der Waals surface area (Å²) in [5.41, 5.74) is 1.45. The van der Waals surface area contributed by atoms with E-state index in [1.54, 1.807) is 19.2 Å². The molecule has 2 aromatic carbocycles. The summed E-state index contributed by atoms with van der Waals surface area (Å²) >= 11 is 3.26. The number of halogens is 2. The average molecular weight is 498 g/mol. The van der Waals surface area contributed by atoms with Crippen LogP contribution in [0.2, 0.25) is 0 Å². The molecule has 2 N–H and O–H groups in total. The Kier molecular flexibility index (Phi) is 6.36. The molecule has 9 nitrogen and oxygen atoms in total. The fourth-order valence-electron chi connectivity index (χ4n) is 2.80. The second-order valence-corrected chi connectivity index (χ2v) is 7.44. The van der Waals surface area contributed by atoms with Crippen LogP contribution in [0.5, 0.6) is 5.75 Å². The van der Waals surface area contributed by atoms with E-state index < -0.39 is 0 Å². The Labute approximate surface area is 190 Å². The minimum atomic E-state index is -0.379. The van der Waals surface area contributed by atoms with Crippen molar-refractivity contribution in [1.29, 1.82) is 0 Å². The molecule has 162 valence electrons. The van der Waals surface area contributed by atoms with Gasteiger partial charge in [0.1, 0.15) is 30.0 Å². The van der Waals surface area contributed by atoms with Gasteiger partial charge in [-0.2, -0.15) is 4.98 Å². The Morgan fingerprint density at radius 2 is 1.94 bits per heavy atom. The normalized spacial score (nSPS) is 10.6. The first-order valence-electron chi connectivity index (χ1n) is 9.39. The number of amides is 1. The molecule has 0 atom stereocenters. The Hall–Kier alpha value is -3.86. The summed E-state index contributed by atoms with van der Waals surface area (Å²) in [5.74, 6) is 1.17. The number of carbonyl (C=O) groups excluding carboxylic acids is 1. The molecule has 2 aromatic heterocycles. The van der Waals surface area contributed by atoms with E-state index in [2.05, 4.69) is 46.6 Å². The van der Waals surface area contributed by atoms with Crippen LogP contribution in [0.3, 0.4) is 0 Å². The summed E-state index contributed by atoms with van der Waals surface area (Å²) in [5, 5.41) is 10.1. The van der Waals surface area contributed by atoms with Crippen molar-refractivity contribution in [3.8, 4) is 11.6 Å². The molecular weight excluding hydrogens is 481 g/mol. The van der Waals surface area contributed by atoms with Crippen molar-refractivity contribution in [2.75, 3.05) is 17.7 Å². The Morgan fingerprint density at radius 1 is 1.12 bits per heavy atom. The Balaban J connectivity index is 1.43. The zero-order valence-corrected chi connectivity index (χ0v) is 18.4. The third-order valence-electron chi connectivity index (χ3n) is 4.36. The van der Waals surface area contributed by atoms with E-state index in [9.17, 15) is 9.18 Å². The summed E-state index contributed by atoms with van der Waals surface area (Å²) in [4.78, 5) is 24.8. The number of hydrogen-bond acceptors (Lipinski definition) is 7. The lowest BCUT2D eigenvalue weighted by Gasteiger charge is -2.07. The quantitative estimate of drug-likeness (QED) is 0.398. The van der Waals surface area contributed by atoms with Crippen molar-refractivity contribution in [1.82, 2.24) is 24.7 Å². The number of nitrogens with one attached hydrogen (secondary N) is 2. The lowest BCUT2D eigenvalue weighted by atomic mass is 10.1. The van der Waals surface area contributed by atoms with Gasteiger partial charge in [-0.05, 0) is 42.0 Å². The standard InChI is InChI=1S/C21H17BrFN7O2/c1-32-16-6-4-15(5-7-16)27-21-26-12-30(29-21)19-10-18(24-11-25-19)28-20(31)8-13-2-3-14(23)9-17(13)22/h2-7,9-12H,8H2,1H3,(H,27,29)(H,24,25,28,31). The van der Waals surface area contributed by atoms with E-state index in [4.69, 9.17) is 4.74 Å². The molecule has 0 aliphatic heterocycles. The van der Waals surface area contributed by atoms with E-state index >= 15 is 0 Å². The maximum atomic E-state index is 13.2. The number of nitrogens with zero attached hydrogens (tertiary/aromatic N) is 5. The highest BCUT2D eigenvalue weighted by Gasteiger charge is 2.11. The molecule has 2 heterocycles. The molecular formula is C21H17BrFN7O2. The van der Waals surface area contributed by atoms with Crippen LogP contribution >= 0.6 is 15.9 Å². The second-order valence-electron chi connectivity index (χ2n) is 6.59. The fraction of sp³-hybridized carbons (Fsp3) is 0.0952. The molecule has 1 amide bonds.